The lowest BCUT2D eigenvalue weighted by Gasteiger charge is -2.35. The number of rotatable bonds is 9. The second kappa shape index (κ2) is 11.8. The Balaban J connectivity index is 2.29. The number of methoxy groups -OCH3 is 2. The molecule has 2 aromatic carbocycles. The minimum atomic E-state index is -1.79. The standard InChI is InChI=1S/C28H37NO3SSi/c1-22-12-15-24(16-13-22)33-28(21-29,23-14-17-25(30-5)26(20-23)31-6)18-10-9-11-19-32-34(7,8)27(2,3)4/h12-17,20H,11,18-19H2,1-8H3. The third-order valence-corrected chi connectivity index (χ3v) is 12.2. The molecule has 2 rings (SSSR count). The highest BCUT2D eigenvalue weighted by Crippen LogP contribution is 2.46. The summed E-state index contributed by atoms with van der Waals surface area (Å²) in [6.07, 6.45) is 1.03. The molecule has 0 fully saturated rings. The van der Waals surface area contributed by atoms with Crippen molar-refractivity contribution in [2.24, 2.45) is 0 Å². The molecule has 0 bridgehead atoms. The van der Waals surface area contributed by atoms with E-state index in [-0.39, 0.29) is 5.04 Å². The van der Waals surface area contributed by atoms with Gasteiger partial charge in [0.2, 0.25) is 0 Å². The Labute approximate surface area is 211 Å². The molecule has 34 heavy (non-hydrogen) atoms. The first-order chi connectivity index (χ1) is 16.0. The molecule has 4 nitrogen and oxygen atoms in total. The van der Waals surface area contributed by atoms with Gasteiger partial charge in [-0.1, -0.05) is 56.3 Å². The summed E-state index contributed by atoms with van der Waals surface area (Å²) in [7, 11) is 1.42. The summed E-state index contributed by atoms with van der Waals surface area (Å²) in [4.78, 5) is 1.02. The zero-order valence-electron chi connectivity index (χ0n) is 21.7. The summed E-state index contributed by atoms with van der Waals surface area (Å²) in [5.41, 5.74) is 2.02. The number of ether oxygens (including phenoxy) is 2. The van der Waals surface area contributed by atoms with E-state index in [0.29, 0.717) is 30.9 Å². The first kappa shape index (κ1) is 27.9. The van der Waals surface area contributed by atoms with Gasteiger partial charge in [-0.05, 0) is 54.9 Å². The van der Waals surface area contributed by atoms with Gasteiger partial charge in [0.05, 0.1) is 20.3 Å². The smallest absolute Gasteiger partial charge is 0.192 e. The summed E-state index contributed by atoms with van der Waals surface area (Å²) >= 11 is 1.52. The highest BCUT2D eigenvalue weighted by molar-refractivity contribution is 8.00. The van der Waals surface area contributed by atoms with Crippen molar-refractivity contribution < 1.29 is 13.9 Å². The number of hydrogen-bond acceptors (Lipinski definition) is 5. The lowest BCUT2D eigenvalue weighted by molar-refractivity contribution is 0.296. The van der Waals surface area contributed by atoms with Crippen LogP contribution in [0.25, 0.3) is 0 Å². The largest absolute Gasteiger partial charge is 0.493 e. The van der Waals surface area contributed by atoms with Crippen molar-refractivity contribution >= 4 is 20.1 Å². The van der Waals surface area contributed by atoms with Gasteiger partial charge in [-0.25, -0.2) is 0 Å². The van der Waals surface area contributed by atoms with E-state index < -0.39 is 13.1 Å². The molecule has 1 unspecified atom stereocenters. The lowest BCUT2D eigenvalue weighted by atomic mass is 9.95. The van der Waals surface area contributed by atoms with Crippen molar-refractivity contribution in [3.8, 4) is 29.4 Å². The molecule has 1 atom stereocenters. The maximum atomic E-state index is 10.4. The highest BCUT2D eigenvalue weighted by atomic mass is 32.2. The van der Waals surface area contributed by atoms with E-state index in [2.05, 4.69) is 70.8 Å². The summed E-state index contributed by atoms with van der Waals surface area (Å²) < 4.78 is 16.2. The second-order valence-electron chi connectivity index (χ2n) is 9.81. The van der Waals surface area contributed by atoms with Crippen LogP contribution in [0.15, 0.2) is 47.4 Å². The molecule has 0 saturated carbocycles. The van der Waals surface area contributed by atoms with Gasteiger partial charge in [0, 0.05) is 24.3 Å². The zero-order valence-corrected chi connectivity index (χ0v) is 23.6. The van der Waals surface area contributed by atoms with Crippen LogP contribution < -0.4 is 9.47 Å². The molecule has 182 valence electrons. The highest BCUT2D eigenvalue weighted by Gasteiger charge is 2.37. The maximum absolute atomic E-state index is 10.4. The van der Waals surface area contributed by atoms with Gasteiger partial charge >= 0.3 is 0 Å². The number of aryl methyl sites for hydroxylation is 1. The Bertz CT molecular complexity index is 1060. The molecule has 0 aliphatic carbocycles. The molecule has 0 aliphatic rings. The monoisotopic (exact) mass is 495 g/mol. The van der Waals surface area contributed by atoms with Gasteiger partial charge in [0.25, 0.3) is 0 Å². The summed E-state index contributed by atoms with van der Waals surface area (Å²) in [6, 6.07) is 16.4. The van der Waals surface area contributed by atoms with Crippen molar-refractivity contribution in [3.63, 3.8) is 0 Å². The van der Waals surface area contributed by atoms with Gasteiger partial charge in [0.1, 0.15) is 4.75 Å². The van der Waals surface area contributed by atoms with Crippen LogP contribution in [0.2, 0.25) is 18.1 Å². The normalized spacial score (nSPS) is 13.3. The Kier molecular flexibility index (Phi) is 9.70. The molecule has 0 radical (unpaired) electrons. The third kappa shape index (κ3) is 7.06. The molecule has 0 heterocycles. The predicted molar refractivity (Wildman–Crippen MR) is 144 cm³/mol. The van der Waals surface area contributed by atoms with Crippen molar-refractivity contribution in [2.75, 3.05) is 20.8 Å². The Morgan fingerprint density at radius 1 is 0.941 bits per heavy atom. The van der Waals surface area contributed by atoms with E-state index in [9.17, 15) is 5.26 Å². The van der Waals surface area contributed by atoms with Gasteiger partial charge < -0.3 is 13.9 Å². The van der Waals surface area contributed by atoms with E-state index in [1.807, 2.05) is 30.3 Å². The van der Waals surface area contributed by atoms with Crippen LogP contribution >= 0.6 is 11.8 Å². The van der Waals surface area contributed by atoms with E-state index in [1.165, 1.54) is 17.3 Å². The summed E-state index contributed by atoms with van der Waals surface area (Å²) in [6.45, 7) is 13.9. The van der Waals surface area contributed by atoms with Crippen LogP contribution in [0.5, 0.6) is 11.5 Å². The number of nitriles is 1. The van der Waals surface area contributed by atoms with Crippen molar-refractivity contribution in [1.82, 2.24) is 0 Å². The van der Waals surface area contributed by atoms with Crippen LogP contribution in [0, 0.1) is 30.1 Å². The van der Waals surface area contributed by atoms with Crippen LogP contribution in [-0.2, 0) is 9.17 Å². The van der Waals surface area contributed by atoms with Gasteiger partial charge in [-0.15, -0.1) is 11.8 Å². The molecule has 0 saturated heterocycles. The number of thioether (sulfide) groups is 1. The molecule has 0 spiro atoms. The van der Waals surface area contributed by atoms with Crippen LogP contribution in [0.1, 0.15) is 44.7 Å². The van der Waals surface area contributed by atoms with Crippen molar-refractivity contribution in [2.45, 2.75) is 68.3 Å². The molecule has 0 aliphatic heterocycles. The lowest BCUT2D eigenvalue weighted by Crippen LogP contribution is -2.40. The molecule has 0 amide bonds. The third-order valence-electron chi connectivity index (χ3n) is 6.30. The molecule has 2 aromatic rings. The van der Waals surface area contributed by atoms with Gasteiger partial charge in [0.15, 0.2) is 19.8 Å². The minimum absolute atomic E-state index is 0.175. The molecular weight excluding hydrogens is 458 g/mol. The first-order valence-corrected chi connectivity index (χ1v) is 15.2. The average molecular weight is 496 g/mol. The fourth-order valence-corrected chi connectivity index (χ4v) is 5.22. The molecule has 0 N–H and O–H groups in total. The maximum Gasteiger partial charge on any atom is 0.192 e. The van der Waals surface area contributed by atoms with Crippen molar-refractivity contribution in [1.29, 1.82) is 5.26 Å². The van der Waals surface area contributed by atoms with Crippen LogP contribution in [0.3, 0.4) is 0 Å². The van der Waals surface area contributed by atoms with Crippen LogP contribution in [0.4, 0.5) is 0 Å². The minimum Gasteiger partial charge on any atom is -0.493 e. The van der Waals surface area contributed by atoms with E-state index in [4.69, 9.17) is 13.9 Å². The Morgan fingerprint density at radius 3 is 2.15 bits per heavy atom. The zero-order chi connectivity index (χ0) is 25.4. The van der Waals surface area contributed by atoms with E-state index in [1.54, 1.807) is 14.2 Å². The molecule has 0 aromatic heterocycles. The summed E-state index contributed by atoms with van der Waals surface area (Å²) in [5, 5.41) is 10.6. The van der Waals surface area contributed by atoms with Gasteiger partial charge in [-0.3, -0.25) is 0 Å². The fourth-order valence-electron chi connectivity index (χ4n) is 3.07. The van der Waals surface area contributed by atoms with Crippen LogP contribution in [-0.4, -0.2) is 29.1 Å². The fraction of sp³-hybridized carbons (Fsp3) is 0.464. The molecule has 6 heteroatoms. The van der Waals surface area contributed by atoms with Crippen molar-refractivity contribution in [3.05, 3.63) is 53.6 Å². The van der Waals surface area contributed by atoms with E-state index >= 15 is 0 Å². The topological polar surface area (TPSA) is 51.5 Å². The quantitative estimate of drug-likeness (QED) is 0.158. The predicted octanol–water partition coefficient (Wildman–Crippen LogP) is 7.33. The Morgan fingerprint density at radius 2 is 1.59 bits per heavy atom. The van der Waals surface area contributed by atoms with E-state index in [0.717, 1.165) is 10.5 Å². The second-order valence-corrected chi connectivity index (χ2v) is 16.0. The number of hydrogen-bond donors (Lipinski definition) is 0. The number of benzene rings is 2. The number of nitrogens with zero attached hydrogens (tertiary/aromatic N) is 1. The average Bonchev–Trinajstić information content (AvgIpc) is 2.80. The van der Waals surface area contributed by atoms with Gasteiger partial charge in [-0.2, -0.15) is 5.26 Å². The first-order valence-electron chi connectivity index (χ1n) is 11.5. The SMILES string of the molecule is COc1ccc(C(C#N)(CC#CCCO[Si](C)(C)C(C)(C)C)Sc2ccc(C)cc2)cc1OC. The summed E-state index contributed by atoms with van der Waals surface area (Å²) in [5.74, 6) is 7.74. The Hall–Kier alpha value is -2.38. The molecular formula is C28H37NO3SSi.